The van der Waals surface area contributed by atoms with E-state index in [2.05, 4.69) is 5.32 Å². The number of rotatable bonds is 7. The first-order valence-electron chi connectivity index (χ1n) is 11.2. The summed E-state index contributed by atoms with van der Waals surface area (Å²) in [6, 6.07) is 21.9. The van der Waals surface area contributed by atoms with Crippen LogP contribution in [0.15, 0.2) is 72.8 Å². The lowest BCUT2D eigenvalue weighted by molar-refractivity contribution is 0.0697. The highest BCUT2D eigenvalue weighted by Gasteiger charge is 2.25. The maximum atomic E-state index is 13.1. The van der Waals surface area contributed by atoms with Crippen LogP contribution in [0.1, 0.15) is 39.1 Å². The molecular weight excluding hydrogens is 452 g/mol. The number of nitrogens with one attached hydrogen (secondary N) is 1. The van der Waals surface area contributed by atoms with E-state index in [1.807, 2.05) is 47.4 Å². The van der Waals surface area contributed by atoms with Gasteiger partial charge in [-0.3, -0.25) is 9.59 Å². The fourth-order valence-corrected chi connectivity index (χ4v) is 4.15. The van der Waals surface area contributed by atoms with E-state index in [0.717, 1.165) is 5.56 Å². The average Bonchev–Trinajstić information content (AvgIpc) is 2.88. The smallest absolute Gasteiger partial charge is 0.253 e. The zero-order valence-corrected chi connectivity index (χ0v) is 19.8. The summed E-state index contributed by atoms with van der Waals surface area (Å²) in [6.07, 6.45) is 1.42. The standard InChI is InChI=1S/C27H27ClN2O4/c1-33-25-17-20(11-12-24(25)34-18-21-9-5-6-10-23(21)28)27(32)30-15-13-22(14-16-30)29-26(31)19-7-3-2-4-8-19/h2-12,17,22H,13-16,18H2,1H3,(H,29,31). The number of piperidine rings is 1. The molecule has 3 aromatic carbocycles. The number of carbonyl (C=O) groups excluding carboxylic acids is 2. The molecule has 1 heterocycles. The first-order valence-corrected chi connectivity index (χ1v) is 11.6. The van der Waals surface area contributed by atoms with E-state index in [-0.39, 0.29) is 17.9 Å². The summed E-state index contributed by atoms with van der Waals surface area (Å²) < 4.78 is 11.4. The van der Waals surface area contributed by atoms with Gasteiger partial charge in [-0.1, -0.05) is 48.0 Å². The molecule has 0 aromatic heterocycles. The third-order valence-corrected chi connectivity index (χ3v) is 6.27. The minimum Gasteiger partial charge on any atom is -0.493 e. The van der Waals surface area contributed by atoms with E-state index in [1.54, 1.807) is 37.4 Å². The Morgan fingerprint density at radius 2 is 1.65 bits per heavy atom. The zero-order chi connectivity index (χ0) is 23.9. The van der Waals surface area contributed by atoms with E-state index < -0.39 is 0 Å². The molecule has 0 saturated carbocycles. The molecule has 4 rings (SSSR count). The fourth-order valence-electron chi connectivity index (χ4n) is 3.96. The van der Waals surface area contributed by atoms with Crippen LogP contribution in [-0.2, 0) is 6.61 Å². The molecule has 0 aliphatic carbocycles. The molecule has 1 fully saturated rings. The molecule has 34 heavy (non-hydrogen) atoms. The third kappa shape index (κ3) is 5.69. The predicted molar refractivity (Wildman–Crippen MR) is 132 cm³/mol. The van der Waals surface area contributed by atoms with Crippen LogP contribution in [0.5, 0.6) is 11.5 Å². The summed E-state index contributed by atoms with van der Waals surface area (Å²) in [6.45, 7) is 1.45. The van der Waals surface area contributed by atoms with Crippen LogP contribution < -0.4 is 14.8 Å². The van der Waals surface area contributed by atoms with E-state index in [9.17, 15) is 9.59 Å². The molecular formula is C27H27ClN2O4. The Labute approximate surface area is 204 Å². The minimum absolute atomic E-state index is 0.0480. The molecule has 0 spiro atoms. The van der Waals surface area contributed by atoms with Crippen molar-refractivity contribution >= 4 is 23.4 Å². The predicted octanol–water partition coefficient (Wildman–Crippen LogP) is 4.96. The molecule has 176 valence electrons. The molecule has 1 aliphatic rings. The van der Waals surface area contributed by atoms with Crippen LogP contribution in [0.4, 0.5) is 0 Å². The molecule has 3 aromatic rings. The number of carbonyl (C=O) groups is 2. The van der Waals surface area contributed by atoms with E-state index in [0.29, 0.717) is 60.2 Å². The number of halogens is 1. The Hall–Kier alpha value is -3.51. The lowest BCUT2D eigenvalue weighted by atomic mass is 10.0. The average molecular weight is 479 g/mol. The molecule has 1 N–H and O–H groups in total. The monoisotopic (exact) mass is 478 g/mol. The molecule has 1 aliphatic heterocycles. The van der Waals surface area contributed by atoms with Gasteiger partial charge in [-0.2, -0.15) is 0 Å². The second kappa shape index (κ2) is 11.1. The molecule has 0 atom stereocenters. The topological polar surface area (TPSA) is 67.9 Å². The highest BCUT2D eigenvalue weighted by molar-refractivity contribution is 6.31. The van der Waals surface area contributed by atoms with Crippen LogP contribution in [0.2, 0.25) is 5.02 Å². The van der Waals surface area contributed by atoms with Gasteiger partial charge in [0.25, 0.3) is 11.8 Å². The molecule has 1 saturated heterocycles. The Morgan fingerprint density at radius 1 is 0.941 bits per heavy atom. The second-order valence-corrected chi connectivity index (χ2v) is 8.56. The number of ether oxygens (including phenoxy) is 2. The van der Waals surface area contributed by atoms with Gasteiger partial charge in [0.15, 0.2) is 11.5 Å². The second-order valence-electron chi connectivity index (χ2n) is 8.15. The van der Waals surface area contributed by atoms with Crippen LogP contribution in [0.25, 0.3) is 0 Å². The largest absolute Gasteiger partial charge is 0.493 e. The molecule has 0 radical (unpaired) electrons. The van der Waals surface area contributed by atoms with Crippen molar-refractivity contribution in [2.75, 3.05) is 20.2 Å². The SMILES string of the molecule is COc1cc(C(=O)N2CCC(NC(=O)c3ccccc3)CC2)ccc1OCc1ccccc1Cl. The van der Waals surface area contributed by atoms with Gasteiger partial charge in [0, 0.05) is 40.8 Å². The fraction of sp³-hybridized carbons (Fsp3) is 0.259. The normalized spacial score (nSPS) is 13.9. The van der Waals surface area contributed by atoms with Gasteiger partial charge in [0.1, 0.15) is 6.61 Å². The van der Waals surface area contributed by atoms with Crippen molar-refractivity contribution < 1.29 is 19.1 Å². The van der Waals surface area contributed by atoms with Crippen molar-refractivity contribution in [2.45, 2.75) is 25.5 Å². The molecule has 0 bridgehead atoms. The van der Waals surface area contributed by atoms with Crippen LogP contribution in [0, 0.1) is 0 Å². The highest BCUT2D eigenvalue weighted by Crippen LogP contribution is 2.30. The lowest BCUT2D eigenvalue weighted by Gasteiger charge is -2.32. The number of benzene rings is 3. The van der Waals surface area contributed by atoms with Gasteiger partial charge in [-0.05, 0) is 49.2 Å². The van der Waals surface area contributed by atoms with E-state index >= 15 is 0 Å². The van der Waals surface area contributed by atoms with Crippen molar-refractivity contribution in [3.63, 3.8) is 0 Å². The van der Waals surface area contributed by atoms with Crippen LogP contribution in [-0.4, -0.2) is 43.0 Å². The minimum atomic E-state index is -0.0810. The summed E-state index contributed by atoms with van der Waals surface area (Å²) in [7, 11) is 1.55. The summed E-state index contributed by atoms with van der Waals surface area (Å²) >= 11 is 6.20. The number of likely N-dealkylation sites (tertiary alicyclic amines) is 1. The van der Waals surface area contributed by atoms with Gasteiger partial charge in [0.2, 0.25) is 0 Å². The summed E-state index contributed by atoms with van der Waals surface area (Å²) in [5, 5.41) is 3.70. The Morgan fingerprint density at radius 3 is 2.35 bits per heavy atom. The number of methoxy groups -OCH3 is 1. The lowest BCUT2D eigenvalue weighted by Crippen LogP contribution is -2.46. The van der Waals surface area contributed by atoms with E-state index in [1.165, 1.54) is 0 Å². The molecule has 0 unspecified atom stereocenters. The highest BCUT2D eigenvalue weighted by atomic mass is 35.5. The summed E-state index contributed by atoms with van der Waals surface area (Å²) in [5.74, 6) is 0.885. The molecule has 6 nitrogen and oxygen atoms in total. The Kier molecular flexibility index (Phi) is 7.70. The van der Waals surface area contributed by atoms with Crippen LogP contribution >= 0.6 is 11.6 Å². The van der Waals surface area contributed by atoms with Crippen molar-refractivity contribution in [3.8, 4) is 11.5 Å². The van der Waals surface area contributed by atoms with Gasteiger partial charge in [-0.15, -0.1) is 0 Å². The number of hydrogen-bond donors (Lipinski definition) is 1. The zero-order valence-electron chi connectivity index (χ0n) is 19.0. The van der Waals surface area contributed by atoms with Gasteiger partial charge < -0.3 is 19.7 Å². The van der Waals surface area contributed by atoms with Crippen molar-refractivity contribution in [1.29, 1.82) is 0 Å². The number of nitrogens with zero attached hydrogens (tertiary/aromatic N) is 1. The van der Waals surface area contributed by atoms with Crippen molar-refractivity contribution in [1.82, 2.24) is 10.2 Å². The molecule has 7 heteroatoms. The number of amides is 2. The van der Waals surface area contributed by atoms with Gasteiger partial charge >= 0.3 is 0 Å². The maximum absolute atomic E-state index is 13.1. The maximum Gasteiger partial charge on any atom is 0.253 e. The Bertz CT molecular complexity index is 1140. The first-order chi connectivity index (χ1) is 16.5. The first kappa shape index (κ1) is 23.6. The Balaban J connectivity index is 1.34. The number of hydrogen-bond acceptors (Lipinski definition) is 4. The van der Waals surface area contributed by atoms with Crippen molar-refractivity contribution in [3.05, 3.63) is 94.5 Å². The summed E-state index contributed by atoms with van der Waals surface area (Å²) in [4.78, 5) is 27.3. The third-order valence-electron chi connectivity index (χ3n) is 5.90. The van der Waals surface area contributed by atoms with Gasteiger partial charge in [0.05, 0.1) is 7.11 Å². The quantitative estimate of drug-likeness (QED) is 0.521. The molecule has 2 amide bonds. The van der Waals surface area contributed by atoms with E-state index in [4.69, 9.17) is 21.1 Å². The van der Waals surface area contributed by atoms with Crippen molar-refractivity contribution in [2.24, 2.45) is 0 Å². The van der Waals surface area contributed by atoms with Gasteiger partial charge in [-0.25, -0.2) is 0 Å². The summed E-state index contributed by atoms with van der Waals surface area (Å²) in [5.41, 5.74) is 2.05. The van der Waals surface area contributed by atoms with Crippen LogP contribution in [0.3, 0.4) is 0 Å².